The molecule has 2 N–H and O–H groups in total. The minimum absolute atomic E-state index is 0.952. The topological polar surface area (TPSA) is 129 Å². The zero-order chi connectivity index (χ0) is 18.4. The van der Waals surface area contributed by atoms with Gasteiger partial charge in [0.1, 0.15) is 6.61 Å². The van der Waals surface area contributed by atoms with Crippen LogP contribution in [-0.2, 0) is 19.1 Å². The van der Waals surface area contributed by atoms with Crippen molar-refractivity contribution < 1.29 is 55.4 Å². The summed E-state index contributed by atoms with van der Waals surface area (Å²) in [4.78, 5) is 34.3. The number of nitrogens with one attached hydrogen (secondary N) is 1. The van der Waals surface area contributed by atoms with Crippen LogP contribution in [0.5, 0.6) is 0 Å². The molecule has 0 aliphatic rings. The summed E-state index contributed by atoms with van der Waals surface area (Å²) < 4.78 is 75.9. The zero-order valence-electron chi connectivity index (χ0n) is 10.7. The minimum Gasteiger partial charge on any atom is -0.480 e. The predicted molar refractivity (Wildman–Crippen MR) is 55.9 cm³/mol. The van der Waals surface area contributed by atoms with E-state index in [0.29, 0.717) is 0 Å². The van der Waals surface area contributed by atoms with Crippen LogP contribution in [0.3, 0.4) is 0 Å². The average molecular weight is 351 g/mol. The molecule has 0 spiro atoms. The fourth-order valence-electron chi connectivity index (χ4n) is 0.995. The van der Waals surface area contributed by atoms with Crippen LogP contribution in [-0.4, -0.2) is 58.5 Å². The second-order valence-corrected chi connectivity index (χ2v) is 3.80. The minimum atomic E-state index is -5.42. The van der Waals surface area contributed by atoms with Crippen LogP contribution in [0.25, 0.3) is 5.53 Å². The Morgan fingerprint density at radius 1 is 1.17 bits per heavy atom. The fourth-order valence-corrected chi connectivity index (χ4v) is 0.995. The number of amides is 1. The van der Waals surface area contributed by atoms with E-state index < -0.39 is 55.0 Å². The Bertz CT molecular complexity index is 537. The molecule has 0 fully saturated rings. The highest BCUT2D eigenvalue weighted by molar-refractivity contribution is 6.34. The van der Waals surface area contributed by atoms with Crippen molar-refractivity contribution in [2.45, 2.75) is 24.8 Å². The Morgan fingerprint density at radius 3 is 2.04 bits per heavy atom. The summed E-state index contributed by atoms with van der Waals surface area (Å²) in [5.74, 6) is -6.63. The zero-order valence-corrected chi connectivity index (χ0v) is 10.7. The van der Waals surface area contributed by atoms with Crippen molar-refractivity contribution in [3.8, 4) is 0 Å². The Balaban J connectivity index is 4.82. The number of carboxylic acid groups (broad SMARTS) is 1. The van der Waals surface area contributed by atoms with E-state index in [4.69, 9.17) is 10.6 Å². The lowest BCUT2D eigenvalue weighted by atomic mass is 10.2. The third-order valence-electron chi connectivity index (χ3n) is 1.97. The van der Waals surface area contributed by atoms with E-state index >= 15 is 0 Å². The number of aliphatic carboxylic acids is 1. The summed E-state index contributed by atoms with van der Waals surface area (Å²) in [7, 11) is 0. The van der Waals surface area contributed by atoms with E-state index in [1.807, 2.05) is 4.79 Å². The molecule has 0 rings (SSSR count). The lowest BCUT2D eigenvalue weighted by Crippen LogP contribution is -2.49. The molecule has 1 atom stereocenters. The highest BCUT2D eigenvalue weighted by atomic mass is 19.4. The summed E-state index contributed by atoms with van der Waals surface area (Å²) in [6, 6.07) is -2.38. The molecule has 0 heterocycles. The molecule has 0 aromatic carbocycles. The Labute approximate surface area is 122 Å². The first-order valence-electron chi connectivity index (χ1n) is 5.33. The van der Waals surface area contributed by atoms with E-state index in [-0.39, 0.29) is 0 Å². The Hall–Kier alpha value is -2.63. The number of carboxylic acids is 1. The summed E-state index contributed by atoms with van der Waals surface area (Å²) in [6.45, 7) is -1.42. The van der Waals surface area contributed by atoms with E-state index in [1.54, 1.807) is 0 Å². The SMILES string of the molecule is [N-]=[N+]=C(CC(F)(F)F)C(=O)OC[C@H](NC(=O)C(F)(F)F)C(=O)O. The largest absolute Gasteiger partial charge is 0.480 e. The number of carbonyl (C=O) groups is 3. The summed E-state index contributed by atoms with van der Waals surface area (Å²) >= 11 is 0. The highest BCUT2D eigenvalue weighted by Gasteiger charge is 2.42. The van der Waals surface area contributed by atoms with Gasteiger partial charge < -0.3 is 20.7 Å². The molecule has 23 heavy (non-hydrogen) atoms. The van der Waals surface area contributed by atoms with Gasteiger partial charge in [-0.2, -0.15) is 31.1 Å². The molecule has 0 aliphatic carbocycles. The van der Waals surface area contributed by atoms with Crippen LogP contribution in [0.1, 0.15) is 6.42 Å². The molecule has 8 nitrogen and oxygen atoms in total. The molecule has 0 radical (unpaired) electrons. The van der Waals surface area contributed by atoms with Crippen molar-refractivity contribution in [2.24, 2.45) is 0 Å². The lowest BCUT2D eigenvalue weighted by Gasteiger charge is -2.15. The molecular weight excluding hydrogens is 344 g/mol. The molecule has 0 aromatic rings. The van der Waals surface area contributed by atoms with Crippen molar-refractivity contribution in [1.29, 1.82) is 0 Å². The van der Waals surface area contributed by atoms with E-state index in [9.17, 15) is 40.7 Å². The molecule has 0 aromatic heterocycles. The van der Waals surface area contributed by atoms with E-state index in [2.05, 4.69) is 4.74 Å². The molecule has 130 valence electrons. The van der Waals surface area contributed by atoms with Crippen LogP contribution >= 0.6 is 0 Å². The number of esters is 1. The first kappa shape index (κ1) is 20.4. The van der Waals surface area contributed by atoms with E-state index in [0.717, 1.165) is 5.32 Å². The third-order valence-corrected chi connectivity index (χ3v) is 1.97. The molecule has 1 amide bonds. The first-order valence-corrected chi connectivity index (χ1v) is 5.33. The molecule has 0 aliphatic heterocycles. The number of hydrogen-bond acceptors (Lipinski definition) is 4. The quantitative estimate of drug-likeness (QED) is 0.234. The van der Waals surface area contributed by atoms with Crippen molar-refractivity contribution in [3.05, 3.63) is 5.53 Å². The van der Waals surface area contributed by atoms with Crippen LogP contribution in [0.2, 0.25) is 0 Å². The maximum atomic E-state index is 12.0. The first-order chi connectivity index (χ1) is 10.3. The van der Waals surface area contributed by atoms with Crippen LogP contribution in [0, 0.1) is 0 Å². The molecule has 14 heteroatoms. The van der Waals surface area contributed by atoms with Gasteiger partial charge in [-0.1, -0.05) is 0 Å². The number of nitrogens with zero attached hydrogens (tertiary/aromatic N) is 2. The van der Waals surface area contributed by atoms with Gasteiger partial charge in [0.15, 0.2) is 12.5 Å². The van der Waals surface area contributed by atoms with Crippen molar-refractivity contribution in [1.82, 2.24) is 5.32 Å². The van der Waals surface area contributed by atoms with Crippen LogP contribution in [0.15, 0.2) is 0 Å². The van der Waals surface area contributed by atoms with Gasteiger partial charge >= 0.3 is 35.9 Å². The van der Waals surface area contributed by atoms with Crippen LogP contribution < -0.4 is 5.32 Å². The number of ether oxygens (including phenoxy) is 1. The fraction of sp³-hybridized carbons (Fsp3) is 0.556. The highest BCUT2D eigenvalue weighted by Crippen LogP contribution is 2.20. The number of alkyl halides is 6. The number of halogens is 6. The number of hydrogen-bond donors (Lipinski definition) is 2. The maximum Gasteiger partial charge on any atom is 0.471 e. The number of carbonyl (C=O) groups excluding carboxylic acids is 2. The van der Waals surface area contributed by atoms with Crippen molar-refractivity contribution in [3.63, 3.8) is 0 Å². The Kier molecular flexibility index (Phi) is 6.71. The molecule has 0 saturated carbocycles. The standard InChI is InChI=1S/C9H7F6N3O5/c10-8(11,12)1-3(18-16)6(21)23-2-4(5(19)20)17-7(22)9(13,14)15/h4H,1-2H2,(H,17,22)(H,19,20)/t4-/m0/s1. The van der Waals surface area contributed by atoms with Gasteiger partial charge in [0.05, 0.1) is 0 Å². The summed E-state index contributed by atoms with van der Waals surface area (Å²) in [5, 5.41) is 9.50. The third kappa shape index (κ3) is 7.80. The van der Waals surface area contributed by atoms with Gasteiger partial charge in [-0.25, -0.2) is 9.59 Å². The van der Waals surface area contributed by atoms with Crippen LogP contribution in [0.4, 0.5) is 26.3 Å². The van der Waals surface area contributed by atoms with Crippen molar-refractivity contribution >= 4 is 23.6 Å². The normalized spacial score (nSPS) is 12.8. The molecule has 0 saturated heterocycles. The summed E-state index contributed by atoms with van der Waals surface area (Å²) in [6.07, 6.45) is -12.4. The number of rotatable bonds is 6. The van der Waals surface area contributed by atoms with Gasteiger partial charge in [-0.05, 0) is 0 Å². The Morgan fingerprint density at radius 2 is 1.70 bits per heavy atom. The molecular formula is C9H7F6N3O5. The van der Waals surface area contributed by atoms with E-state index in [1.165, 1.54) is 0 Å². The second-order valence-electron chi connectivity index (χ2n) is 3.80. The van der Waals surface area contributed by atoms with Gasteiger partial charge in [0, 0.05) is 0 Å². The van der Waals surface area contributed by atoms with Crippen molar-refractivity contribution in [2.75, 3.05) is 6.61 Å². The smallest absolute Gasteiger partial charge is 0.471 e. The lowest BCUT2D eigenvalue weighted by molar-refractivity contribution is -0.176. The van der Waals surface area contributed by atoms with Gasteiger partial charge in [0.2, 0.25) is 0 Å². The van der Waals surface area contributed by atoms with Gasteiger partial charge in [0.25, 0.3) is 0 Å². The average Bonchev–Trinajstić information content (AvgIpc) is 2.37. The second kappa shape index (κ2) is 7.58. The molecule has 0 unspecified atom stereocenters. The van der Waals surface area contributed by atoms with Gasteiger partial charge in [-0.15, -0.1) is 0 Å². The summed E-state index contributed by atoms with van der Waals surface area (Å²) in [5.41, 5.74) is 6.69. The maximum absolute atomic E-state index is 12.0. The predicted octanol–water partition coefficient (Wildman–Crippen LogP) is 0.285. The van der Waals surface area contributed by atoms with Gasteiger partial charge in [-0.3, -0.25) is 4.79 Å². The monoisotopic (exact) mass is 351 g/mol. The molecule has 0 bridgehead atoms.